The molecule has 0 unspecified atom stereocenters. The van der Waals surface area contributed by atoms with Crippen LogP contribution in [0, 0.1) is 5.92 Å². The van der Waals surface area contributed by atoms with Crippen LogP contribution in [0.5, 0.6) is 0 Å². The number of rotatable bonds is 5. The molecule has 0 spiro atoms. The van der Waals surface area contributed by atoms with Crippen molar-refractivity contribution in [3.8, 4) is 0 Å². The molecule has 3 N–H and O–H groups in total. The lowest BCUT2D eigenvalue weighted by molar-refractivity contribution is 0.0912. The summed E-state index contributed by atoms with van der Waals surface area (Å²) in [4.78, 5) is 12.4. The average molecular weight is 292 g/mol. The summed E-state index contributed by atoms with van der Waals surface area (Å²) in [5.41, 5.74) is 7.87. The molecule has 1 aliphatic rings. The molecule has 0 aliphatic heterocycles. The lowest BCUT2D eigenvalue weighted by Crippen LogP contribution is -2.38. The van der Waals surface area contributed by atoms with Crippen molar-refractivity contribution in [1.29, 1.82) is 0 Å². The van der Waals surface area contributed by atoms with Crippen LogP contribution >= 0.6 is 0 Å². The van der Waals surface area contributed by atoms with Crippen LogP contribution in [0.3, 0.4) is 0 Å². The summed E-state index contributed by atoms with van der Waals surface area (Å²) in [6, 6.07) is 0.282. The number of carbonyl (C=O) groups excluding carboxylic acids is 1. The summed E-state index contributed by atoms with van der Waals surface area (Å²) in [5, 5.41) is 7.45. The third-order valence-corrected chi connectivity index (χ3v) is 4.59. The first-order chi connectivity index (χ1) is 10.1. The van der Waals surface area contributed by atoms with Gasteiger partial charge in [0.15, 0.2) is 0 Å². The Kier molecular flexibility index (Phi) is 5.26. The highest BCUT2D eigenvalue weighted by atomic mass is 16.2. The van der Waals surface area contributed by atoms with Crippen LogP contribution in [0.15, 0.2) is 0 Å². The van der Waals surface area contributed by atoms with E-state index in [1.165, 1.54) is 25.7 Å². The summed E-state index contributed by atoms with van der Waals surface area (Å²) in [6.45, 7) is 4.24. The van der Waals surface area contributed by atoms with Gasteiger partial charge in [0.05, 0.1) is 11.4 Å². The summed E-state index contributed by atoms with van der Waals surface area (Å²) >= 11 is 0. The van der Waals surface area contributed by atoms with E-state index in [9.17, 15) is 4.79 Å². The predicted octanol–water partition coefficient (Wildman–Crippen LogP) is 2.65. The molecule has 5 heteroatoms. The average Bonchev–Trinajstić information content (AvgIpc) is 2.75. The van der Waals surface area contributed by atoms with Gasteiger partial charge in [0, 0.05) is 13.1 Å². The number of aryl methyl sites for hydroxylation is 2. The van der Waals surface area contributed by atoms with Gasteiger partial charge in [-0.3, -0.25) is 9.48 Å². The van der Waals surface area contributed by atoms with Gasteiger partial charge < -0.3 is 11.1 Å². The van der Waals surface area contributed by atoms with Gasteiger partial charge in [0.25, 0.3) is 5.91 Å². The van der Waals surface area contributed by atoms with Crippen molar-refractivity contribution in [2.75, 3.05) is 5.73 Å². The van der Waals surface area contributed by atoms with Crippen molar-refractivity contribution in [2.24, 2.45) is 13.0 Å². The smallest absolute Gasteiger partial charge is 0.271 e. The van der Waals surface area contributed by atoms with E-state index >= 15 is 0 Å². The number of anilines is 1. The molecule has 1 aliphatic carbocycles. The first-order valence-electron chi connectivity index (χ1n) is 8.18. The van der Waals surface area contributed by atoms with Crippen LogP contribution in [-0.2, 0) is 13.5 Å². The normalized spacial score (nSPS) is 22.2. The number of carbonyl (C=O) groups is 1. The maximum Gasteiger partial charge on any atom is 0.271 e. The molecule has 0 aromatic carbocycles. The standard InChI is InChI=1S/C16H28N4O/c1-4-6-11-7-9-12(10-8-11)18-16(21)15-14(17)13(5-2)19-20(15)3/h11-12H,4-10,17H2,1-3H3,(H,18,21). The van der Waals surface area contributed by atoms with Crippen molar-refractivity contribution >= 4 is 11.6 Å². The zero-order valence-corrected chi connectivity index (χ0v) is 13.5. The van der Waals surface area contributed by atoms with Gasteiger partial charge in [-0.1, -0.05) is 26.7 Å². The molecule has 1 aromatic rings. The van der Waals surface area contributed by atoms with Crippen molar-refractivity contribution in [2.45, 2.75) is 64.8 Å². The Morgan fingerprint density at radius 3 is 2.52 bits per heavy atom. The zero-order valence-electron chi connectivity index (χ0n) is 13.5. The van der Waals surface area contributed by atoms with Crippen molar-refractivity contribution < 1.29 is 4.79 Å². The lowest BCUT2D eigenvalue weighted by Gasteiger charge is -2.29. The van der Waals surface area contributed by atoms with E-state index in [-0.39, 0.29) is 11.9 Å². The largest absolute Gasteiger partial charge is 0.395 e. The van der Waals surface area contributed by atoms with E-state index in [1.807, 2.05) is 6.92 Å². The first-order valence-corrected chi connectivity index (χ1v) is 8.18. The fourth-order valence-corrected chi connectivity index (χ4v) is 3.38. The van der Waals surface area contributed by atoms with E-state index in [0.29, 0.717) is 11.4 Å². The summed E-state index contributed by atoms with van der Waals surface area (Å²) in [6.07, 6.45) is 7.92. The minimum absolute atomic E-state index is 0.0823. The highest BCUT2D eigenvalue weighted by molar-refractivity contribution is 5.98. The molecule has 0 bridgehead atoms. The molecule has 21 heavy (non-hydrogen) atoms. The van der Waals surface area contributed by atoms with Crippen molar-refractivity contribution in [3.63, 3.8) is 0 Å². The SMILES string of the molecule is CCCC1CCC(NC(=O)c2c(N)c(CC)nn2C)CC1. The van der Waals surface area contributed by atoms with Crippen molar-refractivity contribution in [3.05, 3.63) is 11.4 Å². The van der Waals surface area contributed by atoms with Crippen LogP contribution in [-0.4, -0.2) is 21.7 Å². The number of hydrogen-bond donors (Lipinski definition) is 2. The predicted molar refractivity (Wildman–Crippen MR) is 85.1 cm³/mol. The second-order valence-corrected chi connectivity index (χ2v) is 6.17. The van der Waals surface area contributed by atoms with E-state index < -0.39 is 0 Å². The minimum Gasteiger partial charge on any atom is -0.395 e. The van der Waals surface area contributed by atoms with Gasteiger partial charge >= 0.3 is 0 Å². The topological polar surface area (TPSA) is 72.9 Å². The molecule has 1 heterocycles. The Bertz CT molecular complexity index is 487. The number of nitrogens with two attached hydrogens (primary N) is 1. The van der Waals surface area contributed by atoms with Crippen LogP contribution in [0.4, 0.5) is 5.69 Å². The highest BCUT2D eigenvalue weighted by Gasteiger charge is 2.25. The lowest BCUT2D eigenvalue weighted by atomic mass is 9.83. The molecule has 118 valence electrons. The number of aromatic nitrogens is 2. The van der Waals surface area contributed by atoms with Gasteiger partial charge in [0.1, 0.15) is 5.69 Å². The minimum atomic E-state index is -0.0823. The Labute approximate surface area is 127 Å². The number of hydrogen-bond acceptors (Lipinski definition) is 3. The van der Waals surface area contributed by atoms with E-state index in [4.69, 9.17) is 5.73 Å². The molecule has 0 radical (unpaired) electrons. The molecular formula is C16H28N4O. The van der Waals surface area contributed by atoms with E-state index in [0.717, 1.165) is 30.9 Å². The fraction of sp³-hybridized carbons (Fsp3) is 0.750. The monoisotopic (exact) mass is 292 g/mol. The van der Waals surface area contributed by atoms with Gasteiger partial charge in [-0.15, -0.1) is 0 Å². The van der Waals surface area contributed by atoms with Gasteiger partial charge in [-0.2, -0.15) is 5.10 Å². The maximum atomic E-state index is 12.4. The Morgan fingerprint density at radius 1 is 1.33 bits per heavy atom. The summed E-state index contributed by atoms with van der Waals surface area (Å²) in [7, 11) is 1.78. The van der Waals surface area contributed by atoms with Crippen LogP contribution in [0.1, 0.15) is 68.6 Å². The van der Waals surface area contributed by atoms with Crippen molar-refractivity contribution in [1.82, 2.24) is 15.1 Å². The molecule has 1 aromatic heterocycles. The zero-order chi connectivity index (χ0) is 15.4. The maximum absolute atomic E-state index is 12.4. The molecule has 1 saturated carbocycles. The van der Waals surface area contributed by atoms with Crippen LogP contribution in [0.25, 0.3) is 0 Å². The van der Waals surface area contributed by atoms with Gasteiger partial charge in [0.2, 0.25) is 0 Å². The number of nitrogens with zero attached hydrogens (tertiary/aromatic N) is 2. The number of nitrogens with one attached hydrogen (secondary N) is 1. The van der Waals surface area contributed by atoms with E-state index in [1.54, 1.807) is 11.7 Å². The van der Waals surface area contributed by atoms with Crippen LogP contribution in [0.2, 0.25) is 0 Å². The summed E-state index contributed by atoms with van der Waals surface area (Å²) in [5.74, 6) is 0.762. The van der Waals surface area contributed by atoms with Gasteiger partial charge in [-0.25, -0.2) is 0 Å². The number of amides is 1. The third-order valence-electron chi connectivity index (χ3n) is 4.59. The summed E-state index contributed by atoms with van der Waals surface area (Å²) < 4.78 is 1.60. The van der Waals surface area contributed by atoms with E-state index in [2.05, 4.69) is 17.3 Å². The Hall–Kier alpha value is -1.52. The number of nitrogen functional groups attached to an aromatic ring is 1. The highest BCUT2D eigenvalue weighted by Crippen LogP contribution is 2.28. The second-order valence-electron chi connectivity index (χ2n) is 6.17. The Balaban J connectivity index is 1.95. The second kappa shape index (κ2) is 6.96. The third kappa shape index (κ3) is 3.57. The molecule has 1 fully saturated rings. The Morgan fingerprint density at radius 2 is 2.00 bits per heavy atom. The first kappa shape index (κ1) is 15.9. The molecule has 0 saturated heterocycles. The molecule has 1 amide bonds. The molecule has 2 rings (SSSR count). The van der Waals surface area contributed by atoms with Gasteiger partial charge in [-0.05, 0) is 38.0 Å². The van der Waals surface area contributed by atoms with Crippen LogP contribution < -0.4 is 11.1 Å². The molecular weight excluding hydrogens is 264 g/mol. The fourth-order valence-electron chi connectivity index (χ4n) is 3.38. The molecule has 5 nitrogen and oxygen atoms in total. The molecule has 0 atom stereocenters. The quantitative estimate of drug-likeness (QED) is 0.876.